The van der Waals surface area contributed by atoms with E-state index in [1.807, 2.05) is 24.4 Å². The van der Waals surface area contributed by atoms with Crippen molar-refractivity contribution in [1.29, 1.82) is 0 Å². The van der Waals surface area contributed by atoms with Crippen LogP contribution in [0.15, 0.2) is 48.7 Å². The Bertz CT molecular complexity index is 681. The largest absolute Gasteiger partial charge is 0.256 e. The average Bonchev–Trinajstić information content (AvgIpc) is 2.56. The number of benzene rings is 1. The fourth-order valence-corrected chi connectivity index (χ4v) is 9.10. The van der Waals surface area contributed by atoms with Crippen molar-refractivity contribution < 1.29 is 0 Å². The summed E-state index contributed by atoms with van der Waals surface area (Å²) < 4.78 is 0. The van der Waals surface area contributed by atoms with E-state index in [1.165, 1.54) is 0 Å². The molecular formula is C22H29NSi. The van der Waals surface area contributed by atoms with Crippen LogP contribution in [0, 0.1) is 11.5 Å². The summed E-state index contributed by atoms with van der Waals surface area (Å²) in [6.07, 6.45) is 1.83. The maximum atomic E-state index is 4.40. The first-order valence-electron chi connectivity index (χ1n) is 8.92. The van der Waals surface area contributed by atoms with E-state index < -0.39 is 8.07 Å². The maximum absolute atomic E-state index is 4.40. The van der Waals surface area contributed by atoms with E-state index in [2.05, 4.69) is 82.3 Å². The summed E-state index contributed by atoms with van der Waals surface area (Å²) in [6.45, 7) is 14.1. The Hall–Kier alpha value is -1.85. The molecule has 0 aliphatic rings. The molecule has 2 rings (SSSR count). The van der Waals surface area contributed by atoms with Gasteiger partial charge < -0.3 is 0 Å². The van der Waals surface area contributed by atoms with Crippen LogP contribution in [-0.4, -0.2) is 13.1 Å². The molecule has 2 heteroatoms. The Labute approximate surface area is 148 Å². The minimum atomic E-state index is -1.66. The molecule has 2 aromatic rings. The normalized spacial score (nSPS) is 11.7. The first-order chi connectivity index (χ1) is 11.4. The number of pyridine rings is 1. The second kappa shape index (κ2) is 7.81. The van der Waals surface area contributed by atoms with E-state index in [0.717, 1.165) is 16.8 Å². The van der Waals surface area contributed by atoms with Gasteiger partial charge in [0.05, 0.1) is 5.69 Å². The van der Waals surface area contributed by atoms with Gasteiger partial charge in [0.15, 0.2) is 0 Å². The number of aromatic nitrogens is 1. The molecule has 0 radical (unpaired) electrons. The Kier molecular flexibility index (Phi) is 6.02. The van der Waals surface area contributed by atoms with Crippen molar-refractivity contribution in [1.82, 2.24) is 4.98 Å². The van der Waals surface area contributed by atoms with Crippen LogP contribution in [0.5, 0.6) is 0 Å². The molecule has 1 aromatic carbocycles. The standard InChI is InChI=1S/C22H29NSi/c1-17(2)24(18(3)4,19(5)6)16-14-20-10-12-21(13-11-20)22-9-7-8-15-23-22/h7-13,15,17-19H,1-6H3. The van der Waals surface area contributed by atoms with E-state index in [-0.39, 0.29) is 0 Å². The number of hydrogen-bond acceptors (Lipinski definition) is 1. The van der Waals surface area contributed by atoms with Gasteiger partial charge in [-0.25, -0.2) is 0 Å². The zero-order valence-electron chi connectivity index (χ0n) is 15.8. The highest BCUT2D eigenvalue weighted by Crippen LogP contribution is 2.40. The molecule has 0 spiro atoms. The smallest absolute Gasteiger partial charge is 0.146 e. The molecule has 0 atom stereocenters. The molecule has 0 saturated carbocycles. The second-order valence-corrected chi connectivity index (χ2v) is 13.0. The Balaban J connectivity index is 2.32. The fourth-order valence-electron chi connectivity index (χ4n) is 3.87. The third-order valence-electron chi connectivity index (χ3n) is 5.13. The van der Waals surface area contributed by atoms with Gasteiger partial charge in [0.1, 0.15) is 8.07 Å². The first-order valence-corrected chi connectivity index (χ1v) is 11.2. The molecule has 24 heavy (non-hydrogen) atoms. The van der Waals surface area contributed by atoms with Gasteiger partial charge in [-0.2, -0.15) is 0 Å². The third-order valence-corrected chi connectivity index (χ3v) is 11.4. The quantitative estimate of drug-likeness (QED) is 0.471. The summed E-state index contributed by atoms with van der Waals surface area (Å²) in [4.78, 5) is 4.40. The van der Waals surface area contributed by atoms with Crippen LogP contribution < -0.4 is 0 Å². The predicted octanol–water partition coefficient (Wildman–Crippen LogP) is 6.32. The van der Waals surface area contributed by atoms with E-state index in [0.29, 0.717) is 16.6 Å². The van der Waals surface area contributed by atoms with Gasteiger partial charge in [-0.1, -0.05) is 65.7 Å². The van der Waals surface area contributed by atoms with Crippen LogP contribution in [0.3, 0.4) is 0 Å². The summed E-state index contributed by atoms with van der Waals surface area (Å²) in [5.74, 6) is 3.50. The molecule has 0 aliphatic heterocycles. The summed E-state index contributed by atoms with van der Waals surface area (Å²) in [7, 11) is -1.66. The number of hydrogen-bond donors (Lipinski definition) is 0. The van der Waals surface area contributed by atoms with Crippen molar-refractivity contribution in [3.63, 3.8) is 0 Å². The van der Waals surface area contributed by atoms with Crippen LogP contribution in [-0.2, 0) is 0 Å². The van der Waals surface area contributed by atoms with Crippen LogP contribution in [0.4, 0.5) is 0 Å². The van der Waals surface area contributed by atoms with Gasteiger partial charge in [0, 0.05) is 17.3 Å². The molecule has 0 N–H and O–H groups in total. The van der Waals surface area contributed by atoms with Crippen molar-refractivity contribution in [3.05, 3.63) is 54.2 Å². The fraction of sp³-hybridized carbons (Fsp3) is 0.409. The summed E-state index contributed by atoms with van der Waals surface area (Å²) >= 11 is 0. The van der Waals surface area contributed by atoms with Crippen molar-refractivity contribution in [2.24, 2.45) is 0 Å². The molecule has 126 valence electrons. The zero-order valence-corrected chi connectivity index (χ0v) is 16.8. The van der Waals surface area contributed by atoms with Crippen molar-refractivity contribution in [2.45, 2.75) is 58.2 Å². The zero-order chi connectivity index (χ0) is 17.7. The van der Waals surface area contributed by atoms with Crippen molar-refractivity contribution in [2.75, 3.05) is 0 Å². The lowest BCUT2D eigenvalue weighted by Crippen LogP contribution is -2.43. The highest BCUT2D eigenvalue weighted by molar-refractivity contribution is 6.90. The van der Waals surface area contributed by atoms with E-state index in [4.69, 9.17) is 0 Å². The topological polar surface area (TPSA) is 12.9 Å². The molecule has 1 aromatic heterocycles. The van der Waals surface area contributed by atoms with Gasteiger partial charge in [0.25, 0.3) is 0 Å². The average molecular weight is 336 g/mol. The minimum absolute atomic E-state index is 0.665. The molecule has 0 fully saturated rings. The van der Waals surface area contributed by atoms with Gasteiger partial charge in [-0.15, -0.1) is 5.54 Å². The SMILES string of the molecule is CC(C)[Si](C#Cc1ccc(-c2ccccn2)cc1)(C(C)C)C(C)C. The predicted molar refractivity (Wildman–Crippen MR) is 108 cm³/mol. The highest BCUT2D eigenvalue weighted by Gasteiger charge is 2.41. The van der Waals surface area contributed by atoms with Crippen LogP contribution in [0.2, 0.25) is 16.6 Å². The van der Waals surface area contributed by atoms with E-state index in [1.54, 1.807) is 0 Å². The lowest BCUT2D eigenvalue weighted by molar-refractivity contribution is 0.838. The maximum Gasteiger partial charge on any atom is 0.146 e. The number of rotatable bonds is 4. The number of nitrogens with zero attached hydrogens (tertiary/aromatic N) is 1. The van der Waals surface area contributed by atoms with Crippen molar-refractivity contribution >= 4 is 8.07 Å². The first kappa shape index (κ1) is 18.5. The van der Waals surface area contributed by atoms with E-state index >= 15 is 0 Å². The van der Waals surface area contributed by atoms with Gasteiger partial charge in [-0.05, 0) is 40.9 Å². The second-order valence-electron chi connectivity index (χ2n) is 7.44. The molecule has 0 amide bonds. The van der Waals surface area contributed by atoms with Gasteiger partial charge >= 0.3 is 0 Å². The molecule has 0 aliphatic carbocycles. The van der Waals surface area contributed by atoms with Gasteiger partial charge in [0.2, 0.25) is 0 Å². The van der Waals surface area contributed by atoms with Crippen LogP contribution >= 0.6 is 0 Å². The summed E-state index contributed by atoms with van der Waals surface area (Å²) in [5.41, 5.74) is 9.03. The molecule has 0 unspecified atom stereocenters. The highest BCUT2D eigenvalue weighted by atomic mass is 28.3. The molecule has 0 saturated heterocycles. The van der Waals surface area contributed by atoms with Gasteiger partial charge in [-0.3, -0.25) is 4.98 Å². The molecule has 1 nitrogen and oxygen atoms in total. The molecule has 1 heterocycles. The minimum Gasteiger partial charge on any atom is -0.256 e. The lowest BCUT2D eigenvalue weighted by Gasteiger charge is -2.38. The lowest BCUT2D eigenvalue weighted by atomic mass is 10.1. The van der Waals surface area contributed by atoms with E-state index in [9.17, 15) is 0 Å². The Morgan fingerprint density at radius 1 is 0.792 bits per heavy atom. The van der Waals surface area contributed by atoms with Crippen molar-refractivity contribution in [3.8, 4) is 22.7 Å². The van der Waals surface area contributed by atoms with Crippen LogP contribution in [0.25, 0.3) is 11.3 Å². The summed E-state index contributed by atoms with van der Waals surface area (Å²) in [6, 6.07) is 14.5. The Morgan fingerprint density at radius 3 is 1.83 bits per heavy atom. The Morgan fingerprint density at radius 2 is 1.38 bits per heavy atom. The monoisotopic (exact) mass is 335 g/mol. The van der Waals surface area contributed by atoms with Crippen LogP contribution in [0.1, 0.15) is 47.1 Å². The molecule has 0 bridgehead atoms. The summed E-state index contributed by atoms with van der Waals surface area (Å²) in [5, 5.41) is 0. The molecular weight excluding hydrogens is 306 g/mol. The third kappa shape index (κ3) is 3.79.